The van der Waals surface area contributed by atoms with Gasteiger partial charge in [0.15, 0.2) is 17.5 Å². The Hall–Kier alpha value is -7.08. The smallest absolute Gasteiger partial charge is 0.167 e. The Balaban J connectivity index is 1.07. The lowest BCUT2D eigenvalue weighted by molar-refractivity contribution is 0.665. The van der Waals surface area contributed by atoms with Crippen LogP contribution in [0.25, 0.3) is 78.4 Å². The molecule has 1 aliphatic carbocycles. The molecule has 0 atom stereocenters. The topological polar surface area (TPSA) is 51.8 Å². The maximum Gasteiger partial charge on any atom is 0.167 e. The van der Waals surface area contributed by atoms with Crippen LogP contribution in [0.5, 0.6) is 0 Å². The fraction of sp³-hybridized carbons (Fsp3) is 0.0192. The van der Waals surface area contributed by atoms with Crippen LogP contribution in [0.4, 0.5) is 0 Å². The lowest BCUT2D eigenvalue weighted by Gasteiger charge is -2.39. The van der Waals surface area contributed by atoms with E-state index in [1.54, 1.807) is 0 Å². The van der Waals surface area contributed by atoms with E-state index in [0.29, 0.717) is 17.5 Å². The van der Waals surface area contributed by atoms with Gasteiger partial charge in [0.1, 0.15) is 11.2 Å². The predicted octanol–water partition coefficient (Wildman–Crippen LogP) is 13.3. The molecule has 12 rings (SSSR count). The van der Waals surface area contributed by atoms with Crippen LogP contribution in [-0.2, 0) is 5.41 Å². The molecular formula is C52H31N3OS. The summed E-state index contributed by atoms with van der Waals surface area (Å²) in [7, 11) is 0. The van der Waals surface area contributed by atoms with Crippen molar-refractivity contribution in [3.05, 3.63) is 210 Å². The molecule has 5 heteroatoms. The van der Waals surface area contributed by atoms with Crippen LogP contribution in [0.15, 0.2) is 202 Å². The normalized spacial score (nSPS) is 13.3. The van der Waals surface area contributed by atoms with E-state index in [4.69, 9.17) is 19.4 Å². The van der Waals surface area contributed by atoms with E-state index in [9.17, 15) is 0 Å². The first-order valence-corrected chi connectivity index (χ1v) is 20.0. The summed E-state index contributed by atoms with van der Waals surface area (Å²) in [5.74, 6) is 1.79. The van der Waals surface area contributed by atoms with E-state index >= 15 is 0 Å². The summed E-state index contributed by atoms with van der Waals surface area (Å²) in [5, 5.41) is 2.10. The molecule has 2 aliphatic rings. The summed E-state index contributed by atoms with van der Waals surface area (Å²) in [6, 6.07) is 66.7. The highest BCUT2D eigenvalue weighted by atomic mass is 32.2. The van der Waals surface area contributed by atoms with Gasteiger partial charge in [-0.15, -0.1) is 0 Å². The highest BCUT2D eigenvalue weighted by Gasteiger charge is 2.50. The number of benzene rings is 8. The van der Waals surface area contributed by atoms with Gasteiger partial charge in [-0.1, -0.05) is 176 Å². The molecule has 3 heterocycles. The van der Waals surface area contributed by atoms with Crippen LogP contribution in [0.1, 0.15) is 22.3 Å². The van der Waals surface area contributed by atoms with Gasteiger partial charge in [0.25, 0.3) is 0 Å². The molecule has 57 heavy (non-hydrogen) atoms. The number of hydrogen-bond donors (Lipinski definition) is 0. The molecule has 1 aliphatic heterocycles. The zero-order chi connectivity index (χ0) is 37.5. The minimum absolute atomic E-state index is 0.469. The van der Waals surface area contributed by atoms with Crippen LogP contribution in [-0.4, -0.2) is 15.0 Å². The third-order valence-corrected chi connectivity index (χ3v) is 12.8. The number of furan rings is 1. The van der Waals surface area contributed by atoms with E-state index in [1.807, 2.05) is 48.2 Å². The number of hydrogen-bond acceptors (Lipinski definition) is 5. The zero-order valence-corrected chi connectivity index (χ0v) is 31.4. The molecule has 1 spiro atoms. The van der Waals surface area contributed by atoms with Gasteiger partial charge >= 0.3 is 0 Å². The molecule has 4 nitrogen and oxygen atoms in total. The van der Waals surface area contributed by atoms with Crippen LogP contribution in [0, 0.1) is 0 Å². The monoisotopic (exact) mass is 745 g/mol. The molecule has 0 saturated carbocycles. The first-order valence-electron chi connectivity index (χ1n) is 19.2. The van der Waals surface area contributed by atoms with Crippen molar-refractivity contribution in [3.8, 4) is 56.4 Å². The average molecular weight is 746 g/mol. The van der Waals surface area contributed by atoms with E-state index in [-0.39, 0.29) is 0 Å². The fourth-order valence-electron chi connectivity index (χ4n) is 9.11. The van der Waals surface area contributed by atoms with Crippen LogP contribution in [0.2, 0.25) is 0 Å². The quantitative estimate of drug-likeness (QED) is 0.180. The average Bonchev–Trinajstić information content (AvgIpc) is 3.80. The van der Waals surface area contributed by atoms with Crippen molar-refractivity contribution in [1.29, 1.82) is 0 Å². The van der Waals surface area contributed by atoms with Gasteiger partial charge in [0, 0.05) is 31.7 Å². The molecule has 266 valence electrons. The number of nitrogens with zero attached hydrogens (tertiary/aromatic N) is 3. The third-order valence-electron chi connectivity index (χ3n) is 11.6. The molecule has 0 N–H and O–H groups in total. The molecule has 0 unspecified atom stereocenters. The van der Waals surface area contributed by atoms with Crippen molar-refractivity contribution in [2.45, 2.75) is 15.2 Å². The summed E-state index contributed by atoms with van der Waals surface area (Å²) in [4.78, 5) is 17.7. The maximum atomic E-state index is 6.92. The van der Waals surface area contributed by atoms with Crippen molar-refractivity contribution in [3.63, 3.8) is 0 Å². The van der Waals surface area contributed by atoms with E-state index < -0.39 is 5.41 Å². The Morgan fingerprint density at radius 2 is 0.895 bits per heavy atom. The Bertz CT molecular complexity index is 3160. The van der Waals surface area contributed by atoms with E-state index in [2.05, 4.69) is 152 Å². The number of para-hydroxylation sites is 1. The van der Waals surface area contributed by atoms with E-state index in [1.165, 1.54) is 43.2 Å². The second-order valence-corrected chi connectivity index (χ2v) is 15.8. The molecule has 0 amide bonds. The number of rotatable bonds is 4. The standard InChI is InChI=1S/C52H31N3OS/c1-3-14-32(15-4-1)33-26-28-35(29-27-33)50-53-49(34-16-5-2-6-17-34)54-51(55-50)39-21-13-20-38-40-30-44-47(31-45(40)56-48(38)39)57-46-25-12-11-24-43(46)52(44)41-22-9-7-18-36(41)37-19-8-10-23-42(37)52/h1-31H. The van der Waals surface area contributed by atoms with Gasteiger partial charge in [-0.3, -0.25) is 0 Å². The van der Waals surface area contributed by atoms with Gasteiger partial charge in [-0.2, -0.15) is 0 Å². The first kappa shape index (κ1) is 32.2. The molecular weight excluding hydrogens is 715 g/mol. The van der Waals surface area contributed by atoms with Crippen LogP contribution in [0.3, 0.4) is 0 Å². The minimum atomic E-state index is -0.469. The number of aromatic nitrogens is 3. The lowest BCUT2D eigenvalue weighted by Crippen LogP contribution is -2.31. The second kappa shape index (κ2) is 12.5. The van der Waals surface area contributed by atoms with Crippen molar-refractivity contribution in [2.24, 2.45) is 0 Å². The molecule has 2 aromatic heterocycles. The molecule has 0 radical (unpaired) electrons. The molecule has 0 fully saturated rings. The Labute approximate surface area is 333 Å². The van der Waals surface area contributed by atoms with Crippen molar-refractivity contribution < 1.29 is 4.42 Å². The van der Waals surface area contributed by atoms with Crippen LogP contribution >= 0.6 is 11.8 Å². The van der Waals surface area contributed by atoms with Crippen LogP contribution < -0.4 is 0 Å². The fourth-order valence-corrected chi connectivity index (χ4v) is 10.3. The summed E-state index contributed by atoms with van der Waals surface area (Å²) >= 11 is 1.82. The van der Waals surface area contributed by atoms with E-state index in [0.717, 1.165) is 49.8 Å². The van der Waals surface area contributed by atoms with Crippen molar-refractivity contribution in [2.75, 3.05) is 0 Å². The summed E-state index contributed by atoms with van der Waals surface area (Å²) in [6.07, 6.45) is 0. The summed E-state index contributed by atoms with van der Waals surface area (Å²) in [6.45, 7) is 0. The Morgan fingerprint density at radius 3 is 1.60 bits per heavy atom. The third kappa shape index (κ3) is 4.79. The predicted molar refractivity (Wildman–Crippen MR) is 230 cm³/mol. The molecule has 8 aromatic carbocycles. The molecule has 10 aromatic rings. The first-order chi connectivity index (χ1) is 28.2. The summed E-state index contributed by atoms with van der Waals surface area (Å²) in [5.41, 5.74) is 13.9. The van der Waals surface area contributed by atoms with Gasteiger partial charge in [-0.05, 0) is 68.8 Å². The lowest BCUT2D eigenvalue weighted by atomic mass is 9.67. The van der Waals surface area contributed by atoms with Gasteiger partial charge in [0.2, 0.25) is 0 Å². The van der Waals surface area contributed by atoms with Gasteiger partial charge in [-0.25, -0.2) is 15.0 Å². The Morgan fingerprint density at radius 1 is 0.368 bits per heavy atom. The summed E-state index contributed by atoms with van der Waals surface area (Å²) < 4.78 is 6.92. The van der Waals surface area contributed by atoms with Crippen molar-refractivity contribution >= 4 is 33.7 Å². The number of fused-ring (bicyclic) bond motifs is 12. The zero-order valence-electron chi connectivity index (χ0n) is 30.6. The van der Waals surface area contributed by atoms with Crippen molar-refractivity contribution in [1.82, 2.24) is 15.0 Å². The molecule has 0 saturated heterocycles. The Kier molecular flexibility index (Phi) is 7.04. The maximum absolute atomic E-state index is 6.92. The largest absolute Gasteiger partial charge is 0.455 e. The molecule has 0 bridgehead atoms. The SMILES string of the molecule is c1ccc(-c2ccc(-c3nc(-c4ccccc4)nc(-c4cccc5c4oc4cc6c(cc45)C4(c5ccccc5S6)c5ccccc5-c5ccccc54)n3)cc2)cc1. The highest BCUT2D eigenvalue weighted by molar-refractivity contribution is 7.99. The minimum Gasteiger partial charge on any atom is -0.455 e. The van der Waals surface area contributed by atoms with Gasteiger partial charge in [0.05, 0.1) is 11.0 Å². The highest BCUT2D eigenvalue weighted by Crippen LogP contribution is 2.62. The second-order valence-electron chi connectivity index (χ2n) is 14.7. The van der Waals surface area contributed by atoms with Gasteiger partial charge < -0.3 is 4.42 Å².